The largest absolute Gasteiger partial charge is 0.392 e. The van der Waals surface area contributed by atoms with Gasteiger partial charge in [-0.1, -0.05) is 24.3 Å². The van der Waals surface area contributed by atoms with Gasteiger partial charge in [-0.15, -0.1) is 0 Å². The molecule has 0 aliphatic rings. The quantitative estimate of drug-likeness (QED) is 0.638. The van der Waals surface area contributed by atoms with Crippen LogP contribution in [0, 0.1) is 10.1 Å². The number of aliphatic hydroxyl groups excluding tert-OH is 1. The number of nitro benzene ring substituents is 1. The van der Waals surface area contributed by atoms with Crippen molar-refractivity contribution in [1.29, 1.82) is 0 Å². The lowest BCUT2D eigenvalue weighted by Crippen LogP contribution is -2.00. The Morgan fingerprint density at radius 2 is 1.79 bits per heavy atom. The van der Waals surface area contributed by atoms with Crippen LogP contribution in [0.4, 0.5) is 11.4 Å². The molecule has 0 bridgehead atoms. The molecule has 2 aromatic rings. The molecule has 0 saturated heterocycles. The second-order valence-corrected chi connectivity index (χ2v) is 4.14. The van der Waals surface area contributed by atoms with Crippen LogP contribution < -0.4 is 5.32 Å². The molecule has 0 heterocycles. The lowest BCUT2D eigenvalue weighted by atomic mass is 10.1. The topological polar surface area (TPSA) is 75.4 Å². The summed E-state index contributed by atoms with van der Waals surface area (Å²) in [5, 5.41) is 22.7. The molecule has 19 heavy (non-hydrogen) atoms. The third kappa shape index (κ3) is 3.53. The summed E-state index contributed by atoms with van der Waals surface area (Å²) >= 11 is 0. The number of nitro groups is 1. The molecule has 0 atom stereocenters. The van der Waals surface area contributed by atoms with Crippen LogP contribution in [0.25, 0.3) is 0 Å². The van der Waals surface area contributed by atoms with Crippen LogP contribution in [-0.2, 0) is 13.2 Å². The van der Waals surface area contributed by atoms with E-state index in [2.05, 4.69) is 5.32 Å². The molecule has 98 valence electrons. The molecule has 0 radical (unpaired) electrons. The summed E-state index contributed by atoms with van der Waals surface area (Å²) < 4.78 is 0. The van der Waals surface area contributed by atoms with Crippen LogP contribution >= 0.6 is 0 Å². The van der Waals surface area contributed by atoms with E-state index in [0.717, 1.165) is 16.8 Å². The zero-order chi connectivity index (χ0) is 13.7. The zero-order valence-corrected chi connectivity index (χ0v) is 10.2. The molecule has 0 saturated carbocycles. The fourth-order valence-corrected chi connectivity index (χ4v) is 1.74. The Morgan fingerprint density at radius 1 is 1.11 bits per heavy atom. The monoisotopic (exact) mass is 258 g/mol. The van der Waals surface area contributed by atoms with E-state index in [-0.39, 0.29) is 12.3 Å². The number of non-ortho nitro benzene ring substituents is 1. The average molecular weight is 258 g/mol. The summed E-state index contributed by atoms with van der Waals surface area (Å²) in [6.45, 7) is 0.622. The number of aliphatic hydroxyl groups is 1. The maximum Gasteiger partial charge on any atom is 0.269 e. The van der Waals surface area contributed by atoms with Crippen molar-refractivity contribution in [3.05, 3.63) is 69.8 Å². The van der Waals surface area contributed by atoms with E-state index in [0.29, 0.717) is 6.54 Å². The first-order chi connectivity index (χ1) is 9.19. The van der Waals surface area contributed by atoms with Crippen molar-refractivity contribution >= 4 is 11.4 Å². The van der Waals surface area contributed by atoms with Gasteiger partial charge in [0.25, 0.3) is 5.69 Å². The number of nitrogens with one attached hydrogen (secondary N) is 1. The van der Waals surface area contributed by atoms with E-state index in [9.17, 15) is 10.1 Å². The van der Waals surface area contributed by atoms with Gasteiger partial charge in [0.05, 0.1) is 11.5 Å². The van der Waals surface area contributed by atoms with Gasteiger partial charge in [0.2, 0.25) is 0 Å². The number of benzene rings is 2. The highest BCUT2D eigenvalue weighted by Gasteiger charge is 2.03. The lowest BCUT2D eigenvalue weighted by molar-refractivity contribution is -0.384. The van der Waals surface area contributed by atoms with Gasteiger partial charge in [-0.2, -0.15) is 0 Å². The Morgan fingerprint density at radius 3 is 2.42 bits per heavy atom. The van der Waals surface area contributed by atoms with Crippen molar-refractivity contribution in [2.75, 3.05) is 5.32 Å². The molecule has 2 aromatic carbocycles. The van der Waals surface area contributed by atoms with E-state index in [1.807, 2.05) is 24.3 Å². The molecule has 5 heteroatoms. The van der Waals surface area contributed by atoms with Crippen molar-refractivity contribution in [2.24, 2.45) is 0 Å². The summed E-state index contributed by atoms with van der Waals surface area (Å²) in [7, 11) is 0. The number of nitrogens with zero attached hydrogens (tertiary/aromatic N) is 1. The van der Waals surface area contributed by atoms with E-state index < -0.39 is 4.92 Å². The van der Waals surface area contributed by atoms with Crippen LogP contribution in [0.2, 0.25) is 0 Å². The van der Waals surface area contributed by atoms with Gasteiger partial charge in [-0.05, 0) is 23.3 Å². The minimum absolute atomic E-state index is 0.0192. The molecule has 0 unspecified atom stereocenters. The van der Waals surface area contributed by atoms with Gasteiger partial charge in [0.15, 0.2) is 0 Å². The number of hydrogen-bond acceptors (Lipinski definition) is 4. The molecule has 0 aliphatic carbocycles. The summed E-state index contributed by atoms with van der Waals surface area (Å²) in [6.07, 6.45) is 0. The highest BCUT2D eigenvalue weighted by Crippen LogP contribution is 2.16. The van der Waals surface area contributed by atoms with Crippen LogP contribution in [-0.4, -0.2) is 10.0 Å². The first kappa shape index (κ1) is 13.0. The Labute approximate surface area is 110 Å². The minimum Gasteiger partial charge on any atom is -0.392 e. The van der Waals surface area contributed by atoms with Gasteiger partial charge < -0.3 is 10.4 Å². The van der Waals surface area contributed by atoms with Crippen molar-refractivity contribution in [1.82, 2.24) is 0 Å². The van der Waals surface area contributed by atoms with Gasteiger partial charge in [-0.3, -0.25) is 10.1 Å². The fourth-order valence-electron chi connectivity index (χ4n) is 1.74. The van der Waals surface area contributed by atoms with Crippen molar-refractivity contribution in [3.63, 3.8) is 0 Å². The maximum absolute atomic E-state index is 10.5. The highest BCUT2D eigenvalue weighted by atomic mass is 16.6. The molecule has 0 aliphatic heterocycles. The molecule has 0 spiro atoms. The van der Waals surface area contributed by atoms with E-state index in [4.69, 9.17) is 5.11 Å². The van der Waals surface area contributed by atoms with Crippen LogP contribution in [0.5, 0.6) is 0 Å². The van der Waals surface area contributed by atoms with Crippen LogP contribution in [0.15, 0.2) is 48.5 Å². The molecular weight excluding hydrogens is 244 g/mol. The summed E-state index contributed by atoms with van der Waals surface area (Å²) in [6, 6.07) is 13.9. The summed E-state index contributed by atoms with van der Waals surface area (Å²) in [5.41, 5.74) is 2.81. The van der Waals surface area contributed by atoms with Crippen LogP contribution in [0.3, 0.4) is 0 Å². The van der Waals surface area contributed by atoms with E-state index in [1.165, 1.54) is 12.1 Å². The van der Waals surface area contributed by atoms with E-state index >= 15 is 0 Å². The standard InChI is InChI=1S/C14H14N2O3/c17-10-12-3-1-2-11(8-12)9-15-13-4-6-14(7-5-13)16(18)19/h1-8,15,17H,9-10H2. The average Bonchev–Trinajstić information content (AvgIpc) is 2.46. The Balaban J connectivity index is 1.99. The Hall–Kier alpha value is -2.40. The third-order valence-corrected chi connectivity index (χ3v) is 2.75. The van der Waals surface area contributed by atoms with Gasteiger partial charge >= 0.3 is 0 Å². The maximum atomic E-state index is 10.5. The first-order valence-corrected chi connectivity index (χ1v) is 5.86. The fraction of sp³-hybridized carbons (Fsp3) is 0.143. The predicted molar refractivity (Wildman–Crippen MR) is 72.8 cm³/mol. The second-order valence-electron chi connectivity index (χ2n) is 4.14. The summed E-state index contributed by atoms with van der Waals surface area (Å²) in [4.78, 5) is 10.1. The number of rotatable bonds is 5. The van der Waals surface area contributed by atoms with Gasteiger partial charge in [0.1, 0.15) is 0 Å². The molecule has 0 amide bonds. The Kier molecular flexibility index (Phi) is 4.10. The van der Waals surface area contributed by atoms with E-state index in [1.54, 1.807) is 12.1 Å². The predicted octanol–water partition coefficient (Wildman–Crippen LogP) is 2.70. The third-order valence-electron chi connectivity index (χ3n) is 2.75. The SMILES string of the molecule is O=[N+]([O-])c1ccc(NCc2cccc(CO)c2)cc1. The van der Waals surface area contributed by atoms with Crippen molar-refractivity contribution in [2.45, 2.75) is 13.2 Å². The molecular formula is C14H14N2O3. The van der Waals surface area contributed by atoms with Gasteiger partial charge in [0, 0.05) is 24.4 Å². The molecule has 0 aromatic heterocycles. The number of anilines is 1. The zero-order valence-electron chi connectivity index (χ0n) is 10.2. The lowest BCUT2D eigenvalue weighted by Gasteiger charge is -2.07. The molecule has 5 nitrogen and oxygen atoms in total. The second kappa shape index (κ2) is 5.97. The van der Waals surface area contributed by atoms with Gasteiger partial charge in [-0.25, -0.2) is 0 Å². The van der Waals surface area contributed by atoms with Crippen molar-refractivity contribution < 1.29 is 10.0 Å². The number of hydrogen-bond donors (Lipinski definition) is 2. The molecule has 2 N–H and O–H groups in total. The Bertz CT molecular complexity index is 567. The summed E-state index contributed by atoms with van der Waals surface area (Å²) in [5.74, 6) is 0. The molecule has 0 fully saturated rings. The minimum atomic E-state index is -0.422. The first-order valence-electron chi connectivity index (χ1n) is 5.86. The van der Waals surface area contributed by atoms with Crippen LogP contribution in [0.1, 0.15) is 11.1 Å². The highest BCUT2D eigenvalue weighted by molar-refractivity contribution is 5.48. The normalized spacial score (nSPS) is 10.2. The van der Waals surface area contributed by atoms with Crippen molar-refractivity contribution in [3.8, 4) is 0 Å². The molecule has 2 rings (SSSR count). The smallest absolute Gasteiger partial charge is 0.269 e.